The molecule has 0 aliphatic heterocycles. The lowest BCUT2D eigenvalue weighted by atomic mass is 10.1. The first kappa shape index (κ1) is 16.7. The number of rotatable bonds is 4. The number of aliphatic hydroxyl groups excluding tert-OH is 1. The Labute approximate surface area is 115 Å². The minimum atomic E-state index is -4.63. The summed E-state index contributed by atoms with van der Waals surface area (Å²) in [6.45, 7) is 5.31. The fraction of sp³-hybridized carbons (Fsp3) is 0.615. The standard InChI is InChI=1S/C13H19F3N2O2/c1-12(2,3)17-7-9(19)8-18-10(13(14,15)16)5-4-6-11(18)20/h4-6,9,17,19H,7-8H2,1-3H3. The predicted octanol–water partition coefficient (Wildman–Crippen LogP) is 1.62. The fourth-order valence-corrected chi connectivity index (χ4v) is 1.66. The molecule has 0 saturated heterocycles. The van der Waals surface area contributed by atoms with Crippen molar-refractivity contribution in [2.75, 3.05) is 6.54 Å². The third-order valence-electron chi connectivity index (χ3n) is 2.60. The number of pyridine rings is 1. The van der Waals surface area contributed by atoms with Crippen LogP contribution >= 0.6 is 0 Å². The lowest BCUT2D eigenvalue weighted by Gasteiger charge is -2.24. The normalized spacial score (nSPS) is 14.3. The number of alkyl halides is 3. The number of halogens is 3. The largest absolute Gasteiger partial charge is 0.431 e. The molecule has 0 aliphatic rings. The molecule has 0 bridgehead atoms. The second kappa shape index (κ2) is 5.97. The summed E-state index contributed by atoms with van der Waals surface area (Å²) in [7, 11) is 0. The maximum absolute atomic E-state index is 12.8. The van der Waals surface area contributed by atoms with Gasteiger partial charge in [0, 0.05) is 18.2 Å². The molecule has 0 spiro atoms. The number of hydrogen-bond donors (Lipinski definition) is 2. The van der Waals surface area contributed by atoms with Crippen LogP contribution < -0.4 is 10.9 Å². The van der Waals surface area contributed by atoms with Crippen LogP contribution in [-0.4, -0.2) is 27.9 Å². The second-order valence-electron chi connectivity index (χ2n) is 5.64. The van der Waals surface area contributed by atoms with Gasteiger partial charge in [0.25, 0.3) is 5.56 Å². The van der Waals surface area contributed by atoms with E-state index in [4.69, 9.17) is 0 Å². The highest BCUT2D eigenvalue weighted by atomic mass is 19.4. The van der Waals surface area contributed by atoms with Crippen LogP contribution in [0.5, 0.6) is 0 Å². The third kappa shape index (κ3) is 4.97. The zero-order valence-electron chi connectivity index (χ0n) is 11.7. The lowest BCUT2D eigenvalue weighted by molar-refractivity contribution is -0.144. The highest BCUT2D eigenvalue weighted by molar-refractivity contribution is 5.10. The number of nitrogens with one attached hydrogen (secondary N) is 1. The Morgan fingerprint density at radius 1 is 1.30 bits per heavy atom. The van der Waals surface area contributed by atoms with Crippen molar-refractivity contribution in [2.45, 2.75) is 45.1 Å². The Morgan fingerprint density at radius 2 is 1.90 bits per heavy atom. The Balaban J connectivity index is 2.90. The van der Waals surface area contributed by atoms with Gasteiger partial charge in [0.05, 0.1) is 12.6 Å². The highest BCUT2D eigenvalue weighted by Crippen LogP contribution is 2.28. The first-order chi connectivity index (χ1) is 9.00. The summed E-state index contributed by atoms with van der Waals surface area (Å²) < 4.78 is 38.9. The van der Waals surface area contributed by atoms with E-state index in [1.54, 1.807) is 0 Å². The first-order valence-electron chi connectivity index (χ1n) is 6.21. The van der Waals surface area contributed by atoms with Gasteiger partial charge in [0.15, 0.2) is 0 Å². The summed E-state index contributed by atoms with van der Waals surface area (Å²) in [5.41, 5.74) is -2.11. The molecule has 114 valence electrons. The summed E-state index contributed by atoms with van der Waals surface area (Å²) in [4.78, 5) is 11.6. The molecule has 0 aliphatic carbocycles. The van der Waals surface area contributed by atoms with Gasteiger partial charge >= 0.3 is 6.18 Å². The minimum absolute atomic E-state index is 0.0993. The van der Waals surface area contributed by atoms with Crippen LogP contribution in [0.15, 0.2) is 23.0 Å². The number of β-amino-alcohol motifs (C(OH)–C–C–N with tert-alkyl or cyclic N) is 1. The molecule has 1 aromatic heterocycles. The van der Waals surface area contributed by atoms with Gasteiger partial charge in [0.2, 0.25) is 0 Å². The maximum Gasteiger partial charge on any atom is 0.431 e. The van der Waals surface area contributed by atoms with Crippen LogP contribution in [0.25, 0.3) is 0 Å². The van der Waals surface area contributed by atoms with E-state index in [1.807, 2.05) is 20.8 Å². The summed E-state index contributed by atoms with van der Waals surface area (Å²) in [6.07, 6.45) is -5.71. The Kier molecular flexibility index (Phi) is 4.99. The van der Waals surface area contributed by atoms with Crippen LogP contribution in [0, 0.1) is 0 Å². The van der Waals surface area contributed by atoms with E-state index in [2.05, 4.69) is 5.32 Å². The van der Waals surface area contributed by atoms with E-state index in [0.29, 0.717) is 4.57 Å². The van der Waals surface area contributed by atoms with E-state index < -0.39 is 30.1 Å². The fourth-order valence-electron chi connectivity index (χ4n) is 1.66. The van der Waals surface area contributed by atoms with E-state index >= 15 is 0 Å². The van der Waals surface area contributed by atoms with Crippen LogP contribution in [-0.2, 0) is 12.7 Å². The molecule has 0 fully saturated rings. The van der Waals surface area contributed by atoms with E-state index in [9.17, 15) is 23.1 Å². The number of hydrogen-bond acceptors (Lipinski definition) is 3. The summed E-state index contributed by atoms with van der Waals surface area (Å²) >= 11 is 0. The molecule has 1 unspecified atom stereocenters. The zero-order chi connectivity index (χ0) is 15.6. The van der Waals surface area contributed by atoms with Crippen LogP contribution in [0.1, 0.15) is 26.5 Å². The van der Waals surface area contributed by atoms with Crippen molar-refractivity contribution in [1.29, 1.82) is 0 Å². The highest BCUT2D eigenvalue weighted by Gasteiger charge is 2.34. The van der Waals surface area contributed by atoms with Gasteiger partial charge in [-0.2, -0.15) is 13.2 Å². The van der Waals surface area contributed by atoms with Crippen molar-refractivity contribution in [3.63, 3.8) is 0 Å². The van der Waals surface area contributed by atoms with Gasteiger partial charge in [0.1, 0.15) is 5.69 Å². The summed E-state index contributed by atoms with van der Waals surface area (Å²) in [6, 6.07) is 2.92. The Hall–Kier alpha value is -1.34. The smallest absolute Gasteiger partial charge is 0.390 e. The zero-order valence-corrected chi connectivity index (χ0v) is 11.7. The number of nitrogens with zero attached hydrogens (tertiary/aromatic N) is 1. The van der Waals surface area contributed by atoms with Crippen LogP contribution in [0.2, 0.25) is 0 Å². The van der Waals surface area contributed by atoms with Crippen molar-refractivity contribution in [3.8, 4) is 0 Å². The Bertz CT molecular complexity index is 504. The van der Waals surface area contributed by atoms with Crippen molar-refractivity contribution in [3.05, 3.63) is 34.2 Å². The average Bonchev–Trinajstić information content (AvgIpc) is 2.27. The molecular weight excluding hydrogens is 273 g/mol. The van der Waals surface area contributed by atoms with E-state index in [-0.39, 0.29) is 12.1 Å². The van der Waals surface area contributed by atoms with Crippen LogP contribution in [0.4, 0.5) is 13.2 Å². The molecule has 0 saturated carbocycles. The molecule has 2 N–H and O–H groups in total. The van der Waals surface area contributed by atoms with Crippen LogP contribution in [0.3, 0.4) is 0 Å². The van der Waals surface area contributed by atoms with Crippen molar-refractivity contribution in [2.24, 2.45) is 0 Å². The SMILES string of the molecule is CC(C)(C)NCC(O)Cn1c(C(F)(F)F)cccc1=O. The quantitative estimate of drug-likeness (QED) is 0.886. The molecule has 20 heavy (non-hydrogen) atoms. The third-order valence-corrected chi connectivity index (χ3v) is 2.60. The number of aromatic nitrogens is 1. The van der Waals surface area contributed by atoms with Gasteiger partial charge in [-0.3, -0.25) is 4.79 Å². The van der Waals surface area contributed by atoms with E-state index in [1.165, 1.54) is 0 Å². The first-order valence-corrected chi connectivity index (χ1v) is 6.21. The summed E-state index contributed by atoms with van der Waals surface area (Å²) in [5.74, 6) is 0. The predicted molar refractivity (Wildman–Crippen MR) is 69.5 cm³/mol. The topological polar surface area (TPSA) is 54.3 Å². The molecule has 1 aromatic rings. The second-order valence-corrected chi connectivity index (χ2v) is 5.64. The van der Waals surface area contributed by atoms with Crippen molar-refractivity contribution >= 4 is 0 Å². The average molecular weight is 292 g/mol. The minimum Gasteiger partial charge on any atom is -0.390 e. The van der Waals surface area contributed by atoms with Gasteiger partial charge < -0.3 is 15.0 Å². The molecule has 1 rings (SSSR count). The molecule has 7 heteroatoms. The lowest BCUT2D eigenvalue weighted by Crippen LogP contribution is -2.43. The van der Waals surface area contributed by atoms with Crippen molar-refractivity contribution in [1.82, 2.24) is 9.88 Å². The maximum atomic E-state index is 12.8. The molecule has 1 atom stereocenters. The van der Waals surface area contributed by atoms with Gasteiger partial charge in [-0.1, -0.05) is 6.07 Å². The van der Waals surface area contributed by atoms with Gasteiger partial charge in [-0.15, -0.1) is 0 Å². The van der Waals surface area contributed by atoms with Gasteiger partial charge in [-0.25, -0.2) is 0 Å². The van der Waals surface area contributed by atoms with Crippen molar-refractivity contribution < 1.29 is 18.3 Å². The molecule has 4 nitrogen and oxygen atoms in total. The van der Waals surface area contributed by atoms with Gasteiger partial charge in [-0.05, 0) is 26.8 Å². The molecule has 0 aromatic carbocycles. The monoisotopic (exact) mass is 292 g/mol. The van der Waals surface area contributed by atoms with E-state index in [0.717, 1.165) is 18.2 Å². The molecule has 0 radical (unpaired) electrons. The molecule has 0 amide bonds. The molecular formula is C13H19F3N2O2. The Morgan fingerprint density at radius 3 is 2.40 bits per heavy atom. The molecule has 1 heterocycles. The number of aliphatic hydroxyl groups is 1. The summed E-state index contributed by atoms with van der Waals surface area (Å²) in [5, 5.41) is 12.8.